The van der Waals surface area contributed by atoms with E-state index in [1.165, 1.54) is 0 Å². The fourth-order valence-corrected chi connectivity index (χ4v) is 2.75. The number of urea groups is 1. The molecular weight excluding hydrogens is 262 g/mol. The van der Waals surface area contributed by atoms with Crippen molar-refractivity contribution in [1.82, 2.24) is 15.1 Å². The van der Waals surface area contributed by atoms with Crippen molar-refractivity contribution in [3.63, 3.8) is 0 Å². The van der Waals surface area contributed by atoms with Crippen LogP contribution in [0.25, 0.3) is 0 Å². The van der Waals surface area contributed by atoms with E-state index in [4.69, 9.17) is 9.84 Å². The number of hydrogen-bond donors (Lipinski definition) is 2. The van der Waals surface area contributed by atoms with Gasteiger partial charge in [0.25, 0.3) is 0 Å². The number of nitrogens with zero attached hydrogens (tertiary/aromatic N) is 2. The van der Waals surface area contributed by atoms with Gasteiger partial charge in [-0.15, -0.1) is 0 Å². The molecule has 7 nitrogen and oxygen atoms in total. The number of aliphatic carboxylic acids is 1. The number of carboxylic acid groups (broad SMARTS) is 1. The third-order valence-electron chi connectivity index (χ3n) is 4.26. The molecular formula is C13H23N3O4. The smallest absolute Gasteiger partial charge is 0.317 e. The highest BCUT2D eigenvalue weighted by atomic mass is 16.5. The minimum atomic E-state index is -0.922. The molecule has 2 amide bonds. The van der Waals surface area contributed by atoms with Crippen LogP contribution in [0.5, 0.6) is 0 Å². The summed E-state index contributed by atoms with van der Waals surface area (Å²) in [5.74, 6) is -1.57. The first-order chi connectivity index (χ1) is 9.49. The highest BCUT2D eigenvalue weighted by molar-refractivity contribution is 5.77. The summed E-state index contributed by atoms with van der Waals surface area (Å²) >= 11 is 0. The van der Waals surface area contributed by atoms with Crippen LogP contribution >= 0.6 is 0 Å². The van der Waals surface area contributed by atoms with Crippen molar-refractivity contribution in [2.75, 3.05) is 40.4 Å². The van der Waals surface area contributed by atoms with Crippen LogP contribution in [0.15, 0.2) is 0 Å². The number of carbonyl (C=O) groups excluding carboxylic acids is 1. The fraction of sp³-hybridized carbons (Fsp3) is 0.846. The van der Waals surface area contributed by atoms with Crippen molar-refractivity contribution in [1.29, 1.82) is 0 Å². The molecule has 2 aliphatic rings. The van der Waals surface area contributed by atoms with E-state index in [0.717, 1.165) is 25.9 Å². The van der Waals surface area contributed by atoms with Crippen molar-refractivity contribution in [2.24, 2.45) is 5.92 Å². The number of carboxylic acids is 1. The maximum absolute atomic E-state index is 12.2. The SMILES string of the molecule is CN1CCC(N(C)C(=O)NC2COCC2C(=O)O)CC1. The van der Waals surface area contributed by atoms with Crippen LogP contribution in [-0.2, 0) is 9.53 Å². The molecule has 0 aromatic heterocycles. The second-order valence-corrected chi connectivity index (χ2v) is 5.68. The Morgan fingerprint density at radius 2 is 1.95 bits per heavy atom. The molecule has 0 aliphatic carbocycles. The lowest BCUT2D eigenvalue weighted by Crippen LogP contribution is -2.52. The van der Waals surface area contributed by atoms with Crippen LogP contribution in [0.2, 0.25) is 0 Å². The first-order valence-electron chi connectivity index (χ1n) is 7.01. The number of carbonyl (C=O) groups is 2. The molecule has 2 saturated heterocycles. The molecule has 2 aliphatic heterocycles. The number of hydrogen-bond acceptors (Lipinski definition) is 4. The zero-order valence-corrected chi connectivity index (χ0v) is 12.0. The summed E-state index contributed by atoms with van der Waals surface area (Å²) in [7, 11) is 3.85. The van der Waals surface area contributed by atoms with Gasteiger partial charge in [-0.2, -0.15) is 0 Å². The number of ether oxygens (including phenoxy) is 1. The molecule has 114 valence electrons. The molecule has 2 N–H and O–H groups in total. The van der Waals surface area contributed by atoms with E-state index in [1.807, 2.05) is 0 Å². The lowest BCUT2D eigenvalue weighted by Gasteiger charge is -2.35. The molecule has 2 rings (SSSR count). The van der Waals surface area contributed by atoms with Crippen LogP contribution in [0.3, 0.4) is 0 Å². The standard InChI is InChI=1S/C13H23N3O4/c1-15-5-3-9(4-6-15)16(2)13(19)14-11-8-20-7-10(11)12(17)18/h9-11H,3-8H2,1-2H3,(H,14,19)(H,17,18). The zero-order valence-electron chi connectivity index (χ0n) is 12.0. The number of amides is 2. The molecule has 2 heterocycles. The van der Waals surface area contributed by atoms with Crippen LogP contribution in [0, 0.1) is 5.92 Å². The van der Waals surface area contributed by atoms with Gasteiger partial charge in [-0.05, 0) is 33.0 Å². The van der Waals surface area contributed by atoms with Crippen LogP contribution in [-0.4, -0.2) is 79.4 Å². The van der Waals surface area contributed by atoms with E-state index < -0.39 is 17.9 Å². The molecule has 0 radical (unpaired) electrons. The molecule has 0 aromatic rings. The zero-order chi connectivity index (χ0) is 14.7. The van der Waals surface area contributed by atoms with Crippen LogP contribution in [0.4, 0.5) is 4.79 Å². The fourth-order valence-electron chi connectivity index (χ4n) is 2.75. The average Bonchev–Trinajstić information content (AvgIpc) is 2.87. The van der Waals surface area contributed by atoms with Crippen LogP contribution in [0.1, 0.15) is 12.8 Å². The Kier molecular flexibility index (Phi) is 4.82. The number of likely N-dealkylation sites (tertiary alicyclic amines) is 1. The van der Waals surface area contributed by atoms with Crippen molar-refractivity contribution in [2.45, 2.75) is 24.9 Å². The number of rotatable bonds is 3. The minimum Gasteiger partial charge on any atom is -0.481 e. The van der Waals surface area contributed by atoms with Gasteiger partial charge in [0.1, 0.15) is 5.92 Å². The summed E-state index contributed by atoms with van der Waals surface area (Å²) in [6.07, 6.45) is 1.90. The average molecular weight is 285 g/mol. The maximum atomic E-state index is 12.2. The van der Waals surface area contributed by atoms with Gasteiger partial charge in [-0.3, -0.25) is 4.79 Å². The Bertz CT molecular complexity index is 369. The highest BCUT2D eigenvalue weighted by Crippen LogP contribution is 2.17. The number of piperidine rings is 1. The van der Waals surface area contributed by atoms with Gasteiger partial charge in [-0.25, -0.2) is 4.79 Å². The molecule has 2 atom stereocenters. The Morgan fingerprint density at radius 3 is 2.55 bits per heavy atom. The highest BCUT2D eigenvalue weighted by Gasteiger charge is 2.36. The summed E-state index contributed by atoms with van der Waals surface area (Å²) in [4.78, 5) is 27.2. The summed E-state index contributed by atoms with van der Waals surface area (Å²) in [6.45, 7) is 2.39. The normalized spacial score (nSPS) is 28.3. The molecule has 2 fully saturated rings. The molecule has 0 saturated carbocycles. The summed E-state index contributed by atoms with van der Waals surface area (Å²) in [5.41, 5.74) is 0. The van der Waals surface area contributed by atoms with Gasteiger partial charge in [-0.1, -0.05) is 0 Å². The second-order valence-electron chi connectivity index (χ2n) is 5.68. The lowest BCUT2D eigenvalue weighted by molar-refractivity contribution is -0.142. The number of nitrogens with one attached hydrogen (secondary N) is 1. The Labute approximate surface area is 118 Å². The van der Waals surface area contributed by atoms with Gasteiger partial charge in [0, 0.05) is 13.1 Å². The van der Waals surface area contributed by atoms with Crippen molar-refractivity contribution >= 4 is 12.0 Å². The monoisotopic (exact) mass is 285 g/mol. The predicted molar refractivity (Wildman–Crippen MR) is 72.5 cm³/mol. The third kappa shape index (κ3) is 3.40. The third-order valence-corrected chi connectivity index (χ3v) is 4.26. The molecule has 0 spiro atoms. The topological polar surface area (TPSA) is 82.1 Å². The van der Waals surface area contributed by atoms with E-state index >= 15 is 0 Å². The van der Waals surface area contributed by atoms with Gasteiger partial charge in [0.2, 0.25) is 0 Å². The summed E-state index contributed by atoms with van der Waals surface area (Å²) in [6, 6.07) is -0.424. The molecule has 2 unspecified atom stereocenters. The first-order valence-corrected chi connectivity index (χ1v) is 7.01. The van der Waals surface area contributed by atoms with Gasteiger partial charge >= 0.3 is 12.0 Å². The Hall–Kier alpha value is -1.34. The molecule has 0 aromatic carbocycles. The first kappa shape index (κ1) is 15.1. The van der Waals surface area contributed by atoms with E-state index in [-0.39, 0.29) is 25.3 Å². The second kappa shape index (κ2) is 6.41. The molecule has 20 heavy (non-hydrogen) atoms. The minimum absolute atomic E-state index is 0.165. The van der Waals surface area contributed by atoms with Gasteiger partial charge in [0.05, 0.1) is 19.3 Å². The summed E-state index contributed by atoms with van der Waals surface area (Å²) in [5, 5.41) is 11.8. The quantitative estimate of drug-likeness (QED) is 0.752. The lowest BCUT2D eigenvalue weighted by atomic mass is 10.0. The van der Waals surface area contributed by atoms with E-state index in [1.54, 1.807) is 11.9 Å². The van der Waals surface area contributed by atoms with Gasteiger partial charge in [0.15, 0.2) is 0 Å². The Balaban J connectivity index is 1.86. The van der Waals surface area contributed by atoms with E-state index in [9.17, 15) is 9.59 Å². The maximum Gasteiger partial charge on any atom is 0.317 e. The molecule has 0 bridgehead atoms. The van der Waals surface area contributed by atoms with Crippen LogP contribution < -0.4 is 5.32 Å². The van der Waals surface area contributed by atoms with E-state index in [2.05, 4.69) is 17.3 Å². The van der Waals surface area contributed by atoms with Crippen molar-refractivity contribution in [3.8, 4) is 0 Å². The van der Waals surface area contributed by atoms with Crippen molar-refractivity contribution in [3.05, 3.63) is 0 Å². The predicted octanol–water partition coefficient (Wildman–Crippen LogP) is -0.178. The summed E-state index contributed by atoms with van der Waals surface area (Å²) < 4.78 is 5.15. The molecule has 7 heteroatoms. The Morgan fingerprint density at radius 1 is 1.30 bits per heavy atom. The van der Waals surface area contributed by atoms with E-state index in [0.29, 0.717) is 0 Å². The van der Waals surface area contributed by atoms with Crippen molar-refractivity contribution < 1.29 is 19.4 Å². The van der Waals surface area contributed by atoms with Gasteiger partial charge < -0.3 is 25.0 Å². The largest absolute Gasteiger partial charge is 0.481 e.